The number of rotatable bonds is 3. The van der Waals surface area contributed by atoms with Crippen LogP contribution < -0.4 is 14.0 Å². The average molecular weight is 225 g/mol. The first-order valence-electron chi connectivity index (χ1n) is 5.37. The van der Waals surface area contributed by atoms with Gasteiger partial charge >= 0.3 is 18.0 Å². The topological polar surface area (TPSA) is 57.1 Å². The third-order valence-corrected chi connectivity index (χ3v) is 2.98. The lowest BCUT2D eigenvalue weighted by atomic mass is 10.4. The molecule has 0 aromatic carbocycles. The molecule has 1 aliphatic rings. The summed E-state index contributed by atoms with van der Waals surface area (Å²) in [4.78, 5) is 12.6. The maximum atomic E-state index is 5.05. The number of nitrogens with zero attached hydrogens (tertiary/aromatic N) is 4. The fourth-order valence-corrected chi connectivity index (χ4v) is 1.99. The van der Waals surface area contributed by atoms with E-state index in [2.05, 4.69) is 22.0 Å². The molecule has 0 saturated carbocycles. The van der Waals surface area contributed by atoms with Gasteiger partial charge in [0.2, 0.25) is 0 Å². The molecule has 6 heteroatoms. The molecule has 16 heavy (non-hydrogen) atoms. The summed E-state index contributed by atoms with van der Waals surface area (Å²) >= 11 is 0. The molecule has 0 radical (unpaired) electrons. The molecule has 0 bridgehead atoms. The predicted octanol–water partition coefficient (Wildman–Crippen LogP) is 0.620. The third-order valence-electron chi connectivity index (χ3n) is 2.98. The Kier molecular flexibility index (Phi) is 2.91. The van der Waals surface area contributed by atoms with E-state index in [1.165, 1.54) is 12.8 Å². The fraction of sp³-hybridized carbons (Fsp3) is 0.700. The molecule has 1 saturated heterocycles. The van der Waals surface area contributed by atoms with Crippen LogP contribution in [0.4, 0.5) is 5.95 Å². The molecule has 6 nitrogen and oxygen atoms in total. The van der Waals surface area contributed by atoms with Gasteiger partial charge in [-0.1, -0.05) is 0 Å². The highest BCUT2D eigenvalue weighted by Gasteiger charge is 2.34. The molecular formula is C10H17N4O2+. The minimum Gasteiger partial charge on any atom is -0.466 e. The van der Waals surface area contributed by atoms with E-state index in [1.54, 1.807) is 14.2 Å². The Morgan fingerprint density at radius 3 is 1.88 bits per heavy atom. The summed E-state index contributed by atoms with van der Waals surface area (Å²) < 4.78 is 10.8. The summed E-state index contributed by atoms with van der Waals surface area (Å²) in [5.41, 5.74) is 0. The number of likely N-dealkylation sites (tertiary alicyclic amines) is 1. The molecule has 88 valence electrons. The zero-order valence-corrected chi connectivity index (χ0v) is 9.93. The molecule has 1 aliphatic heterocycles. The van der Waals surface area contributed by atoms with Gasteiger partial charge in [-0.15, -0.1) is 15.0 Å². The highest BCUT2D eigenvalue weighted by atomic mass is 16.5. The zero-order valence-electron chi connectivity index (χ0n) is 9.93. The molecule has 0 N–H and O–H groups in total. The molecule has 0 spiro atoms. The number of aromatic nitrogens is 3. The monoisotopic (exact) mass is 225 g/mol. The van der Waals surface area contributed by atoms with E-state index in [-0.39, 0.29) is 0 Å². The van der Waals surface area contributed by atoms with Crippen LogP contribution in [0.1, 0.15) is 12.8 Å². The standard InChI is InChI=1S/C10H17N4O2/c1-14(6-4-5-7-14)8-11-9(15-2)13-10(12-8)16-3/h4-7H2,1-3H3/q+1. The zero-order chi connectivity index (χ0) is 11.6. The fourth-order valence-electron chi connectivity index (χ4n) is 1.99. The van der Waals surface area contributed by atoms with Crippen LogP contribution in [0.5, 0.6) is 12.0 Å². The van der Waals surface area contributed by atoms with Crippen LogP contribution in [0.25, 0.3) is 0 Å². The van der Waals surface area contributed by atoms with Crippen molar-refractivity contribution in [1.82, 2.24) is 19.4 Å². The molecule has 0 unspecified atom stereocenters. The van der Waals surface area contributed by atoms with Crippen LogP contribution in [0, 0.1) is 0 Å². The van der Waals surface area contributed by atoms with E-state index in [1.807, 2.05) is 0 Å². The third kappa shape index (κ3) is 1.92. The van der Waals surface area contributed by atoms with Crippen molar-refractivity contribution in [3.05, 3.63) is 0 Å². The number of hydrogen-bond acceptors (Lipinski definition) is 5. The maximum absolute atomic E-state index is 5.05. The van der Waals surface area contributed by atoms with Gasteiger partial charge in [-0.2, -0.15) is 0 Å². The minimum absolute atomic E-state index is 0.313. The van der Waals surface area contributed by atoms with Crippen LogP contribution in [-0.4, -0.2) is 49.3 Å². The highest BCUT2D eigenvalue weighted by molar-refractivity contribution is 5.28. The second kappa shape index (κ2) is 4.21. The lowest BCUT2D eigenvalue weighted by Crippen LogP contribution is -2.43. The molecule has 0 atom stereocenters. The van der Waals surface area contributed by atoms with Crippen LogP contribution in [-0.2, 0) is 0 Å². The molecule has 1 aromatic heterocycles. The summed E-state index contributed by atoms with van der Waals surface area (Å²) in [6.45, 7) is 2.10. The molecular weight excluding hydrogens is 208 g/mol. The Morgan fingerprint density at radius 2 is 1.44 bits per heavy atom. The Morgan fingerprint density at radius 1 is 0.938 bits per heavy atom. The predicted molar refractivity (Wildman–Crippen MR) is 59.6 cm³/mol. The molecule has 2 rings (SSSR count). The second-order valence-electron chi connectivity index (χ2n) is 4.16. The SMILES string of the molecule is COc1nc(OC)nc([N+]2(C)CCCC2)n1. The van der Waals surface area contributed by atoms with Crippen molar-refractivity contribution < 1.29 is 9.47 Å². The molecule has 2 heterocycles. The summed E-state index contributed by atoms with van der Waals surface area (Å²) in [5, 5.41) is 0. The van der Waals surface area contributed by atoms with Crippen molar-refractivity contribution in [2.45, 2.75) is 12.8 Å². The van der Waals surface area contributed by atoms with E-state index < -0.39 is 0 Å². The smallest absolute Gasteiger partial charge is 0.338 e. The molecule has 1 fully saturated rings. The summed E-state index contributed by atoms with van der Waals surface area (Å²) in [6.07, 6.45) is 2.40. The van der Waals surface area contributed by atoms with Gasteiger partial charge in [0.25, 0.3) is 0 Å². The van der Waals surface area contributed by atoms with Crippen molar-refractivity contribution in [1.29, 1.82) is 0 Å². The number of hydrogen-bond donors (Lipinski definition) is 0. The van der Waals surface area contributed by atoms with E-state index in [4.69, 9.17) is 9.47 Å². The van der Waals surface area contributed by atoms with Gasteiger partial charge in [0.1, 0.15) is 0 Å². The van der Waals surface area contributed by atoms with Crippen molar-refractivity contribution in [3.63, 3.8) is 0 Å². The van der Waals surface area contributed by atoms with Gasteiger partial charge in [0, 0.05) is 12.8 Å². The molecule has 0 amide bonds. The van der Waals surface area contributed by atoms with E-state index in [0.29, 0.717) is 12.0 Å². The van der Waals surface area contributed by atoms with E-state index in [0.717, 1.165) is 23.5 Å². The van der Waals surface area contributed by atoms with E-state index >= 15 is 0 Å². The van der Waals surface area contributed by atoms with Crippen molar-refractivity contribution in [2.75, 3.05) is 34.4 Å². The Hall–Kier alpha value is -1.43. The largest absolute Gasteiger partial charge is 0.466 e. The van der Waals surface area contributed by atoms with Crippen molar-refractivity contribution in [3.8, 4) is 12.0 Å². The van der Waals surface area contributed by atoms with E-state index in [9.17, 15) is 0 Å². The number of methoxy groups -OCH3 is 2. The Labute approximate surface area is 94.8 Å². The summed E-state index contributed by atoms with van der Waals surface area (Å²) in [7, 11) is 5.21. The van der Waals surface area contributed by atoms with Crippen LogP contribution in [0.15, 0.2) is 0 Å². The maximum Gasteiger partial charge on any atom is 0.338 e. The first-order chi connectivity index (χ1) is 7.68. The summed E-state index contributed by atoms with van der Waals surface area (Å²) in [6, 6.07) is 0.626. The first-order valence-corrected chi connectivity index (χ1v) is 5.37. The van der Waals surface area contributed by atoms with Crippen molar-refractivity contribution in [2.24, 2.45) is 0 Å². The Balaban J connectivity index is 2.39. The van der Waals surface area contributed by atoms with Gasteiger partial charge in [0.05, 0.1) is 34.4 Å². The van der Waals surface area contributed by atoms with Gasteiger partial charge in [-0.25, -0.2) is 0 Å². The number of ether oxygens (including phenoxy) is 2. The quantitative estimate of drug-likeness (QED) is 0.706. The van der Waals surface area contributed by atoms with Crippen LogP contribution in [0.2, 0.25) is 0 Å². The minimum atomic E-state index is 0.313. The molecule has 0 aliphatic carbocycles. The average Bonchev–Trinajstić information content (AvgIpc) is 2.77. The normalized spacial score (nSPS) is 18.4. The van der Waals surface area contributed by atoms with Gasteiger partial charge < -0.3 is 9.47 Å². The van der Waals surface area contributed by atoms with Crippen molar-refractivity contribution >= 4 is 5.95 Å². The molecule has 1 aromatic rings. The summed E-state index contributed by atoms with van der Waals surface area (Å²) in [5.74, 6) is 0.723. The lowest BCUT2D eigenvalue weighted by molar-refractivity contribution is 0.317. The Bertz CT molecular complexity index is 355. The van der Waals surface area contributed by atoms with Crippen LogP contribution in [0.3, 0.4) is 0 Å². The lowest BCUT2D eigenvalue weighted by Gasteiger charge is -2.25. The van der Waals surface area contributed by atoms with Gasteiger partial charge in [0.15, 0.2) is 0 Å². The van der Waals surface area contributed by atoms with Crippen LogP contribution >= 0.6 is 0 Å². The first kappa shape index (κ1) is 11.1. The van der Waals surface area contributed by atoms with Gasteiger partial charge in [-0.3, -0.25) is 4.48 Å². The highest BCUT2D eigenvalue weighted by Crippen LogP contribution is 2.25. The second-order valence-corrected chi connectivity index (χ2v) is 4.16. The number of quaternary nitrogens is 1. The van der Waals surface area contributed by atoms with Gasteiger partial charge in [-0.05, 0) is 0 Å².